The Kier molecular flexibility index (Phi) is 13.4. The van der Waals surface area contributed by atoms with Gasteiger partial charge in [-0.1, -0.05) is 34.1 Å². The molecule has 0 aliphatic rings. The van der Waals surface area contributed by atoms with Crippen LogP contribution in [0.5, 0.6) is 0 Å². The Hall–Kier alpha value is -0.130. The van der Waals surface area contributed by atoms with Crippen molar-refractivity contribution in [2.75, 3.05) is 32.4 Å². The molecule has 0 saturated carbocycles. The second-order valence-electron chi connectivity index (χ2n) is 4.57. The van der Waals surface area contributed by atoms with E-state index < -0.39 is 10.0 Å². The topological polar surface area (TPSA) is 49.4 Å². The summed E-state index contributed by atoms with van der Waals surface area (Å²) in [5.41, 5.74) is 0. The minimum Gasteiger partial charge on any atom is -0.303 e. The molecule has 0 spiro atoms. The van der Waals surface area contributed by atoms with Gasteiger partial charge in [0.1, 0.15) is 0 Å². The predicted octanol–water partition coefficient (Wildman–Crippen LogP) is 2.46. The average molecular weight is 280 g/mol. The fraction of sp³-hybridized carbons (Fsp3) is 1.00. The maximum absolute atomic E-state index is 10.9. The lowest BCUT2D eigenvalue weighted by molar-refractivity contribution is 0.262. The van der Waals surface area contributed by atoms with Gasteiger partial charge in [0, 0.05) is 6.54 Å². The first-order valence-corrected chi connectivity index (χ1v) is 8.55. The van der Waals surface area contributed by atoms with Crippen molar-refractivity contribution in [3.8, 4) is 0 Å². The third-order valence-corrected chi connectivity index (χ3v) is 3.40. The summed E-state index contributed by atoms with van der Waals surface area (Å²) < 4.78 is 24.3. The van der Waals surface area contributed by atoms with Crippen molar-refractivity contribution in [2.24, 2.45) is 0 Å². The second-order valence-corrected chi connectivity index (χ2v) is 6.40. The van der Waals surface area contributed by atoms with Gasteiger partial charge < -0.3 is 4.90 Å². The van der Waals surface area contributed by atoms with Gasteiger partial charge in [0.15, 0.2) is 0 Å². The quantitative estimate of drug-likeness (QED) is 0.592. The molecular formula is C13H32N2O2S. The molecule has 0 amide bonds. The van der Waals surface area contributed by atoms with E-state index in [4.69, 9.17) is 0 Å². The van der Waals surface area contributed by atoms with Crippen LogP contribution in [0.15, 0.2) is 0 Å². The van der Waals surface area contributed by atoms with Crippen LogP contribution in [0.1, 0.15) is 53.4 Å². The monoisotopic (exact) mass is 280 g/mol. The van der Waals surface area contributed by atoms with Gasteiger partial charge in [0.2, 0.25) is 10.0 Å². The molecule has 1 N–H and O–H groups in total. The van der Waals surface area contributed by atoms with Crippen molar-refractivity contribution >= 4 is 10.0 Å². The Labute approximate surface area is 114 Å². The van der Waals surface area contributed by atoms with Gasteiger partial charge in [0.05, 0.1) is 6.26 Å². The number of sulfonamides is 1. The summed E-state index contributed by atoms with van der Waals surface area (Å²) in [6, 6.07) is 0. The summed E-state index contributed by atoms with van der Waals surface area (Å²) in [6.45, 7) is 8.20. The summed E-state index contributed by atoms with van der Waals surface area (Å²) in [7, 11) is -3.02. The number of nitrogens with zero attached hydrogens (tertiary/aromatic N) is 1. The molecule has 5 heteroatoms. The normalized spacial score (nSPS) is 11.6. The van der Waals surface area contributed by atoms with Crippen LogP contribution in [0.25, 0.3) is 0 Å². The minimum absolute atomic E-state index is 0. The highest BCUT2D eigenvalue weighted by Crippen LogP contribution is 2.00. The van der Waals surface area contributed by atoms with Crippen molar-refractivity contribution in [1.29, 1.82) is 0 Å². The van der Waals surface area contributed by atoms with E-state index in [2.05, 4.69) is 23.5 Å². The van der Waals surface area contributed by atoms with Crippen molar-refractivity contribution in [3.63, 3.8) is 0 Å². The zero-order valence-corrected chi connectivity index (χ0v) is 12.4. The molecule has 112 valence electrons. The Morgan fingerprint density at radius 3 is 1.78 bits per heavy atom. The lowest BCUT2D eigenvalue weighted by atomic mass is 10.2. The van der Waals surface area contributed by atoms with E-state index in [0.717, 1.165) is 26.1 Å². The third kappa shape index (κ3) is 13.9. The smallest absolute Gasteiger partial charge is 0.208 e. The van der Waals surface area contributed by atoms with E-state index >= 15 is 0 Å². The van der Waals surface area contributed by atoms with Gasteiger partial charge in [-0.2, -0.15) is 0 Å². The molecule has 0 fully saturated rings. The molecule has 0 aliphatic heterocycles. The highest BCUT2D eigenvalue weighted by atomic mass is 32.2. The van der Waals surface area contributed by atoms with Crippen LogP contribution in [0.4, 0.5) is 0 Å². The van der Waals surface area contributed by atoms with Gasteiger partial charge in [-0.3, -0.25) is 0 Å². The van der Waals surface area contributed by atoms with E-state index in [0.29, 0.717) is 6.54 Å². The van der Waals surface area contributed by atoms with Crippen LogP contribution in [-0.2, 0) is 10.0 Å². The first kappa shape index (κ1) is 20.2. The van der Waals surface area contributed by atoms with Gasteiger partial charge in [0.25, 0.3) is 0 Å². The van der Waals surface area contributed by atoms with Crippen LogP contribution >= 0.6 is 0 Å². The number of nitrogens with one attached hydrogen (secondary N) is 1. The minimum atomic E-state index is -3.02. The third-order valence-electron chi connectivity index (χ3n) is 2.67. The number of hydrogen-bond acceptors (Lipinski definition) is 3. The zero-order valence-electron chi connectivity index (χ0n) is 11.5. The molecule has 0 rings (SSSR count). The van der Waals surface area contributed by atoms with Crippen LogP contribution in [0.3, 0.4) is 0 Å². The Morgan fingerprint density at radius 1 is 0.944 bits per heavy atom. The van der Waals surface area contributed by atoms with Gasteiger partial charge in [-0.05, 0) is 38.9 Å². The summed E-state index contributed by atoms with van der Waals surface area (Å²) in [5.74, 6) is 0. The lowest BCUT2D eigenvalue weighted by Gasteiger charge is -2.21. The van der Waals surface area contributed by atoms with E-state index in [1.807, 2.05) is 0 Å². The van der Waals surface area contributed by atoms with E-state index in [1.165, 1.54) is 31.9 Å². The second kappa shape index (κ2) is 11.9. The number of hydrogen-bond donors (Lipinski definition) is 1. The summed E-state index contributed by atoms with van der Waals surface area (Å²) in [6.07, 6.45) is 6.97. The Bertz CT molecular complexity index is 258. The Morgan fingerprint density at radius 2 is 1.39 bits per heavy atom. The fourth-order valence-electron chi connectivity index (χ4n) is 1.66. The molecule has 0 aromatic carbocycles. The van der Waals surface area contributed by atoms with E-state index in [9.17, 15) is 8.42 Å². The molecule has 4 nitrogen and oxygen atoms in total. The summed E-state index contributed by atoms with van der Waals surface area (Å²) in [5, 5.41) is 0. The predicted molar refractivity (Wildman–Crippen MR) is 80.5 cm³/mol. The van der Waals surface area contributed by atoms with Crippen LogP contribution in [0.2, 0.25) is 0 Å². The van der Waals surface area contributed by atoms with Gasteiger partial charge in [-0.25, -0.2) is 13.1 Å². The SMILES string of the molecule is C.CCCCN(CCCC)CCCNS(C)(=O)=O. The maximum atomic E-state index is 10.9. The van der Waals surface area contributed by atoms with Gasteiger partial charge in [-0.15, -0.1) is 0 Å². The molecule has 18 heavy (non-hydrogen) atoms. The Balaban J connectivity index is 0. The highest BCUT2D eigenvalue weighted by molar-refractivity contribution is 7.88. The molecule has 0 unspecified atom stereocenters. The van der Waals surface area contributed by atoms with Crippen LogP contribution < -0.4 is 4.72 Å². The first-order chi connectivity index (χ1) is 7.99. The van der Waals surface area contributed by atoms with Crippen LogP contribution in [-0.4, -0.2) is 45.8 Å². The zero-order chi connectivity index (χ0) is 13.1. The molecule has 0 aliphatic carbocycles. The number of unbranched alkanes of at least 4 members (excludes halogenated alkanes) is 2. The fourth-order valence-corrected chi connectivity index (χ4v) is 2.17. The first-order valence-electron chi connectivity index (χ1n) is 6.66. The van der Waals surface area contributed by atoms with Crippen molar-refractivity contribution in [3.05, 3.63) is 0 Å². The average Bonchev–Trinajstić information content (AvgIpc) is 2.25. The molecule has 0 aromatic heterocycles. The lowest BCUT2D eigenvalue weighted by Crippen LogP contribution is -2.31. The maximum Gasteiger partial charge on any atom is 0.208 e. The van der Waals surface area contributed by atoms with Crippen molar-refractivity contribution < 1.29 is 8.42 Å². The van der Waals surface area contributed by atoms with Crippen LogP contribution in [0, 0.1) is 0 Å². The van der Waals surface area contributed by atoms with Crippen molar-refractivity contribution in [2.45, 2.75) is 53.4 Å². The van der Waals surface area contributed by atoms with E-state index in [-0.39, 0.29) is 7.43 Å². The van der Waals surface area contributed by atoms with Gasteiger partial charge >= 0.3 is 0 Å². The highest BCUT2D eigenvalue weighted by Gasteiger charge is 2.04. The molecule has 0 atom stereocenters. The summed E-state index contributed by atoms with van der Waals surface area (Å²) in [4.78, 5) is 2.44. The molecule has 0 heterocycles. The molecule has 0 bridgehead atoms. The molecule has 0 saturated heterocycles. The molecule has 0 aromatic rings. The van der Waals surface area contributed by atoms with E-state index in [1.54, 1.807) is 0 Å². The standard InChI is InChI=1S/C12H28N2O2S.CH4/c1-4-6-10-14(11-7-5-2)12-8-9-13-17(3,15)16;/h13H,4-12H2,1-3H3;1H4. The largest absolute Gasteiger partial charge is 0.303 e. The number of rotatable bonds is 11. The molecule has 0 radical (unpaired) electrons. The van der Waals surface area contributed by atoms with Crippen molar-refractivity contribution in [1.82, 2.24) is 9.62 Å². The molecular weight excluding hydrogens is 248 g/mol. The summed E-state index contributed by atoms with van der Waals surface area (Å²) >= 11 is 0.